The van der Waals surface area contributed by atoms with Crippen LogP contribution in [0.4, 0.5) is 5.69 Å². The van der Waals surface area contributed by atoms with Crippen LogP contribution in [0.15, 0.2) is 59.1 Å². The van der Waals surface area contributed by atoms with E-state index in [-0.39, 0.29) is 17.9 Å². The summed E-state index contributed by atoms with van der Waals surface area (Å²) in [4.78, 5) is 32.4. The third-order valence-corrected chi connectivity index (χ3v) is 6.14. The third kappa shape index (κ3) is 5.33. The molecule has 3 N–H and O–H groups in total. The van der Waals surface area contributed by atoms with Gasteiger partial charge in [-0.3, -0.25) is 9.59 Å². The Morgan fingerprint density at radius 3 is 2.52 bits per heavy atom. The zero-order valence-corrected chi connectivity index (χ0v) is 19.4. The Bertz CT molecular complexity index is 1080. The first-order valence-electron chi connectivity index (χ1n) is 11.8. The molecule has 2 aliphatic rings. The highest BCUT2D eigenvalue weighted by molar-refractivity contribution is 6.06. The quantitative estimate of drug-likeness (QED) is 0.633. The second kappa shape index (κ2) is 10.0. The number of amidine groups is 1. The van der Waals surface area contributed by atoms with Crippen molar-refractivity contribution in [3.8, 4) is 0 Å². The molecule has 1 fully saturated rings. The molecule has 2 aromatic carbocycles. The number of amides is 2. The van der Waals surface area contributed by atoms with Crippen molar-refractivity contribution in [1.82, 2.24) is 10.2 Å². The maximum atomic E-state index is 13.1. The van der Waals surface area contributed by atoms with E-state index >= 15 is 0 Å². The number of hydrogen-bond acceptors (Lipinski definition) is 4. The van der Waals surface area contributed by atoms with Gasteiger partial charge in [-0.2, -0.15) is 0 Å². The van der Waals surface area contributed by atoms with Crippen LogP contribution in [0.5, 0.6) is 0 Å². The number of nitrogens with one attached hydrogen (secondary N) is 1. The summed E-state index contributed by atoms with van der Waals surface area (Å²) in [6.07, 6.45) is 4.94. The van der Waals surface area contributed by atoms with E-state index in [0.717, 1.165) is 37.9 Å². The van der Waals surface area contributed by atoms with Gasteiger partial charge >= 0.3 is 0 Å². The number of hydrogen-bond donors (Lipinski definition) is 2. The van der Waals surface area contributed by atoms with Crippen molar-refractivity contribution >= 4 is 29.4 Å². The van der Waals surface area contributed by atoms with Gasteiger partial charge in [0.1, 0.15) is 5.84 Å². The van der Waals surface area contributed by atoms with Crippen LogP contribution in [0.1, 0.15) is 66.9 Å². The van der Waals surface area contributed by atoms with Crippen LogP contribution in [0.2, 0.25) is 0 Å². The summed E-state index contributed by atoms with van der Waals surface area (Å²) >= 11 is 0. The second-order valence-electron chi connectivity index (χ2n) is 8.85. The van der Waals surface area contributed by atoms with Crippen LogP contribution in [0.25, 0.3) is 6.08 Å². The Labute approximate surface area is 195 Å². The molecule has 0 saturated heterocycles. The van der Waals surface area contributed by atoms with E-state index in [1.807, 2.05) is 35.2 Å². The first kappa shape index (κ1) is 22.8. The van der Waals surface area contributed by atoms with Crippen molar-refractivity contribution < 1.29 is 9.59 Å². The molecule has 1 saturated carbocycles. The number of aliphatic imine (C=N–C) groups is 1. The molecular weight excluding hydrogens is 412 g/mol. The van der Waals surface area contributed by atoms with Crippen LogP contribution in [0, 0.1) is 0 Å². The smallest absolute Gasteiger partial charge is 0.251 e. The van der Waals surface area contributed by atoms with Crippen LogP contribution in [-0.2, 0) is 4.79 Å². The number of nitrogens with two attached hydrogens (primary N) is 1. The Hall–Kier alpha value is -3.41. The Morgan fingerprint density at radius 1 is 1.09 bits per heavy atom. The number of benzene rings is 2. The highest BCUT2D eigenvalue weighted by Crippen LogP contribution is 2.40. The molecule has 1 heterocycles. The second-order valence-corrected chi connectivity index (χ2v) is 8.85. The van der Waals surface area contributed by atoms with Crippen molar-refractivity contribution in [2.75, 3.05) is 13.1 Å². The van der Waals surface area contributed by atoms with Gasteiger partial charge in [0.25, 0.3) is 5.91 Å². The van der Waals surface area contributed by atoms with Crippen molar-refractivity contribution in [3.63, 3.8) is 0 Å². The molecule has 4 rings (SSSR count). The first-order chi connectivity index (χ1) is 16.0. The molecule has 6 nitrogen and oxygen atoms in total. The predicted octanol–water partition coefficient (Wildman–Crippen LogP) is 4.40. The summed E-state index contributed by atoms with van der Waals surface area (Å²) in [5.74, 6) is 0.643. The van der Waals surface area contributed by atoms with Crippen molar-refractivity contribution in [2.45, 2.75) is 51.5 Å². The molecule has 0 aromatic heterocycles. The van der Waals surface area contributed by atoms with Crippen LogP contribution < -0.4 is 11.1 Å². The van der Waals surface area contributed by atoms with Gasteiger partial charge in [0.15, 0.2) is 0 Å². The van der Waals surface area contributed by atoms with E-state index in [2.05, 4.69) is 36.3 Å². The van der Waals surface area contributed by atoms with Gasteiger partial charge in [0.2, 0.25) is 5.91 Å². The molecular formula is C27H32N4O2. The summed E-state index contributed by atoms with van der Waals surface area (Å²) < 4.78 is 0. The number of carbonyl (C=O) groups is 2. The SMILES string of the molecule is CCCN(CCC)C(=O)C1=Cc2ccc(C(=O)NC3C[C@@H]3c3ccccc3)cc2N=C(N)C1. The Kier molecular flexibility index (Phi) is 6.92. The summed E-state index contributed by atoms with van der Waals surface area (Å²) in [6, 6.07) is 15.8. The average molecular weight is 445 g/mol. The maximum Gasteiger partial charge on any atom is 0.251 e. The molecule has 172 valence electrons. The highest BCUT2D eigenvalue weighted by atomic mass is 16.2. The lowest BCUT2D eigenvalue weighted by atomic mass is 10.0. The monoisotopic (exact) mass is 444 g/mol. The standard InChI is InChI=1S/C27H32N4O2/c1-3-12-31(13-4-2)27(33)21-14-19-10-11-20(15-23(19)29-25(28)16-21)26(32)30-24-17-22(24)18-8-6-5-7-9-18/h5-11,14-15,22,24H,3-4,12-13,16-17H2,1-2H3,(H2,28,29)(H,30,32)/t22-,24?/m1/s1. The third-order valence-electron chi connectivity index (χ3n) is 6.14. The largest absolute Gasteiger partial charge is 0.387 e. The van der Waals surface area contributed by atoms with E-state index in [4.69, 9.17) is 5.73 Å². The Balaban J connectivity index is 1.50. The van der Waals surface area contributed by atoms with Gasteiger partial charge in [-0.15, -0.1) is 0 Å². The van der Waals surface area contributed by atoms with Gasteiger partial charge in [0, 0.05) is 48.2 Å². The van der Waals surface area contributed by atoms with Gasteiger partial charge in [0.05, 0.1) is 5.69 Å². The predicted molar refractivity (Wildman–Crippen MR) is 133 cm³/mol. The zero-order valence-electron chi connectivity index (χ0n) is 19.4. The minimum absolute atomic E-state index is 0.00667. The molecule has 2 atom stereocenters. The van der Waals surface area contributed by atoms with Gasteiger partial charge in [-0.25, -0.2) is 4.99 Å². The van der Waals surface area contributed by atoms with E-state index < -0.39 is 0 Å². The maximum absolute atomic E-state index is 13.1. The van der Waals surface area contributed by atoms with E-state index in [1.165, 1.54) is 5.56 Å². The minimum Gasteiger partial charge on any atom is -0.387 e. The lowest BCUT2D eigenvalue weighted by Crippen LogP contribution is -2.34. The molecule has 2 aromatic rings. The topological polar surface area (TPSA) is 87.8 Å². The average Bonchev–Trinajstić information content (AvgIpc) is 3.60. The summed E-state index contributed by atoms with van der Waals surface area (Å²) in [5.41, 5.74) is 10.0. The van der Waals surface area contributed by atoms with Crippen molar-refractivity contribution in [3.05, 3.63) is 70.8 Å². The lowest BCUT2D eigenvalue weighted by Gasteiger charge is -2.22. The van der Waals surface area contributed by atoms with Crippen LogP contribution in [0.3, 0.4) is 0 Å². The summed E-state index contributed by atoms with van der Waals surface area (Å²) in [7, 11) is 0. The van der Waals surface area contributed by atoms with Gasteiger partial charge in [-0.1, -0.05) is 50.2 Å². The highest BCUT2D eigenvalue weighted by Gasteiger charge is 2.39. The molecule has 0 spiro atoms. The summed E-state index contributed by atoms with van der Waals surface area (Å²) in [6.45, 7) is 5.58. The fraction of sp³-hybridized carbons (Fsp3) is 0.370. The molecule has 0 bridgehead atoms. The number of carbonyl (C=O) groups excluding carboxylic acids is 2. The fourth-order valence-electron chi connectivity index (χ4n) is 4.40. The molecule has 6 heteroatoms. The number of fused-ring (bicyclic) bond motifs is 1. The van der Waals surface area contributed by atoms with Crippen molar-refractivity contribution in [2.24, 2.45) is 10.7 Å². The first-order valence-corrected chi connectivity index (χ1v) is 11.8. The minimum atomic E-state index is -0.114. The van der Waals surface area contributed by atoms with E-state index in [0.29, 0.717) is 35.0 Å². The lowest BCUT2D eigenvalue weighted by molar-refractivity contribution is -0.127. The van der Waals surface area contributed by atoms with Gasteiger partial charge < -0.3 is 16.0 Å². The van der Waals surface area contributed by atoms with Gasteiger partial charge in [-0.05, 0) is 43.0 Å². The zero-order chi connectivity index (χ0) is 23.4. The molecule has 0 radical (unpaired) electrons. The number of nitrogens with zero attached hydrogens (tertiary/aromatic N) is 2. The van der Waals surface area contributed by atoms with E-state index in [9.17, 15) is 9.59 Å². The van der Waals surface area contributed by atoms with E-state index in [1.54, 1.807) is 12.1 Å². The molecule has 33 heavy (non-hydrogen) atoms. The molecule has 1 unspecified atom stereocenters. The van der Waals surface area contributed by atoms with Crippen LogP contribution >= 0.6 is 0 Å². The summed E-state index contributed by atoms with van der Waals surface area (Å²) in [5, 5.41) is 3.13. The van der Waals surface area contributed by atoms with Crippen molar-refractivity contribution in [1.29, 1.82) is 0 Å². The molecule has 1 aliphatic carbocycles. The number of rotatable bonds is 8. The fourth-order valence-corrected chi connectivity index (χ4v) is 4.40. The van der Waals surface area contributed by atoms with Crippen LogP contribution in [-0.4, -0.2) is 41.7 Å². The molecule has 1 aliphatic heterocycles. The Morgan fingerprint density at radius 2 is 1.82 bits per heavy atom. The normalized spacial score (nSPS) is 19.0. The molecule has 2 amide bonds.